The number of hydrogen-bond acceptors (Lipinski definition) is 6. The number of rotatable bonds is 4. The maximum absolute atomic E-state index is 12.3. The number of nitrogens with one attached hydrogen (secondary N) is 1. The summed E-state index contributed by atoms with van der Waals surface area (Å²) in [6.45, 7) is 3.41. The molecular weight excluding hydrogens is 376 g/mol. The van der Waals surface area contributed by atoms with Gasteiger partial charge in [-0.1, -0.05) is 0 Å². The molecule has 0 spiro atoms. The van der Waals surface area contributed by atoms with E-state index in [1.165, 1.54) is 6.33 Å². The van der Waals surface area contributed by atoms with Crippen LogP contribution in [-0.2, 0) is 4.79 Å². The summed E-state index contributed by atoms with van der Waals surface area (Å²) >= 11 is 3.50. The monoisotopic (exact) mass is 392 g/mol. The minimum absolute atomic E-state index is 0.0305. The van der Waals surface area contributed by atoms with Crippen molar-refractivity contribution < 1.29 is 14.3 Å². The Morgan fingerprint density at radius 1 is 1.33 bits per heavy atom. The van der Waals surface area contributed by atoms with Gasteiger partial charge in [-0.05, 0) is 47.5 Å². The quantitative estimate of drug-likeness (QED) is 0.861. The van der Waals surface area contributed by atoms with E-state index in [4.69, 9.17) is 9.47 Å². The molecule has 1 aromatic heterocycles. The van der Waals surface area contributed by atoms with E-state index in [2.05, 4.69) is 31.3 Å². The van der Waals surface area contributed by atoms with Gasteiger partial charge in [0.2, 0.25) is 5.95 Å². The van der Waals surface area contributed by atoms with E-state index in [9.17, 15) is 4.79 Å². The number of carbonyl (C=O) groups is 1. The summed E-state index contributed by atoms with van der Waals surface area (Å²) in [6.07, 6.45) is 1.46. The van der Waals surface area contributed by atoms with Gasteiger partial charge in [-0.15, -0.1) is 0 Å². The predicted octanol–water partition coefficient (Wildman–Crippen LogP) is 2.94. The zero-order chi connectivity index (χ0) is 17.4. The van der Waals surface area contributed by atoms with Gasteiger partial charge in [-0.2, -0.15) is 10.1 Å². The average molecular weight is 393 g/mol. The molecule has 126 valence electrons. The highest BCUT2D eigenvalue weighted by Crippen LogP contribution is 2.42. The lowest BCUT2D eigenvalue weighted by Crippen LogP contribution is -2.27. The smallest absolute Gasteiger partial charge is 0.226 e. The third-order valence-corrected chi connectivity index (χ3v) is 4.53. The van der Waals surface area contributed by atoms with Crippen LogP contribution in [0.4, 0.5) is 5.95 Å². The van der Waals surface area contributed by atoms with Crippen LogP contribution in [-0.4, -0.2) is 34.8 Å². The number of methoxy groups -OCH3 is 2. The first-order valence-corrected chi connectivity index (χ1v) is 8.06. The summed E-state index contributed by atoms with van der Waals surface area (Å²) in [6, 6.07) is 3.36. The number of carbonyl (C=O) groups excluding carboxylic acids is 1. The molecule has 0 bridgehead atoms. The average Bonchev–Trinajstić information content (AvgIpc) is 3.00. The minimum atomic E-state index is -0.391. The molecule has 0 aliphatic carbocycles. The summed E-state index contributed by atoms with van der Waals surface area (Å²) in [5.41, 5.74) is 2.24. The van der Waals surface area contributed by atoms with Crippen LogP contribution in [0.2, 0.25) is 0 Å². The molecule has 8 heteroatoms. The number of hydrogen-bond donors (Lipinski definition) is 1. The zero-order valence-electron chi connectivity index (χ0n) is 13.8. The maximum Gasteiger partial charge on any atom is 0.226 e. The second-order valence-corrected chi connectivity index (χ2v) is 6.24. The third kappa shape index (κ3) is 2.56. The summed E-state index contributed by atoms with van der Waals surface area (Å²) in [7, 11) is 3.15. The van der Waals surface area contributed by atoms with E-state index in [0.29, 0.717) is 23.0 Å². The fraction of sp³-hybridized carbons (Fsp3) is 0.312. The fourth-order valence-corrected chi connectivity index (χ4v) is 3.57. The molecule has 0 radical (unpaired) electrons. The summed E-state index contributed by atoms with van der Waals surface area (Å²) in [4.78, 5) is 16.5. The molecule has 0 unspecified atom stereocenters. The van der Waals surface area contributed by atoms with Crippen molar-refractivity contribution >= 4 is 27.7 Å². The molecule has 1 N–H and O–H groups in total. The van der Waals surface area contributed by atoms with Crippen molar-refractivity contribution in [1.82, 2.24) is 14.8 Å². The van der Waals surface area contributed by atoms with Crippen molar-refractivity contribution in [3.05, 3.63) is 39.8 Å². The lowest BCUT2D eigenvalue weighted by molar-refractivity contribution is -0.114. The Morgan fingerprint density at radius 3 is 2.71 bits per heavy atom. The normalized spacial score (nSPS) is 16.5. The number of fused-ring (bicyclic) bond motifs is 1. The minimum Gasteiger partial charge on any atom is -0.493 e. The molecule has 0 saturated heterocycles. The molecule has 24 heavy (non-hydrogen) atoms. The topological polar surface area (TPSA) is 78.3 Å². The van der Waals surface area contributed by atoms with Gasteiger partial charge >= 0.3 is 0 Å². The zero-order valence-corrected chi connectivity index (χ0v) is 15.3. The molecule has 0 fully saturated rings. The number of ketones is 1. The highest BCUT2D eigenvalue weighted by atomic mass is 79.9. The van der Waals surface area contributed by atoms with Gasteiger partial charge in [0.15, 0.2) is 17.3 Å². The molecule has 1 aliphatic heterocycles. The number of aromatic nitrogens is 3. The standard InChI is InChI=1S/C16H17BrN4O3/c1-8-13(9(2)22)14(21-16(20-8)18-7-19-21)10-5-11(17)15(24-4)12(6-10)23-3/h5-7,14H,1-4H3,(H,18,19,20)/t14-/m1/s1. The van der Waals surface area contributed by atoms with E-state index in [0.717, 1.165) is 15.7 Å². The number of halogens is 1. The predicted molar refractivity (Wildman–Crippen MR) is 92.4 cm³/mol. The van der Waals surface area contributed by atoms with Gasteiger partial charge in [0.05, 0.1) is 18.7 Å². The van der Waals surface area contributed by atoms with Crippen LogP contribution in [0.5, 0.6) is 11.5 Å². The SMILES string of the molecule is COc1cc([C@@H]2C(C(C)=O)=C(C)Nc3ncnn32)cc(Br)c1OC. The van der Waals surface area contributed by atoms with Crippen molar-refractivity contribution in [3.8, 4) is 11.5 Å². The Morgan fingerprint density at radius 2 is 2.08 bits per heavy atom. The first-order chi connectivity index (χ1) is 11.5. The van der Waals surface area contributed by atoms with E-state index in [1.54, 1.807) is 25.8 Å². The van der Waals surface area contributed by atoms with Crippen LogP contribution in [0.3, 0.4) is 0 Å². The van der Waals surface area contributed by atoms with Gasteiger partial charge in [0, 0.05) is 11.3 Å². The fourth-order valence-electron chi connectivity index (χ4n) is 2.95. The van der Waals surface area contributed by atoms with E-state index >= 15 is 0 Å². The number of benzene rings is 1. The number of anilines is 1. The number of ether oxygens (including phenoxy) is 2. The van der Waals surface area contributed by atoms with Crippen LogP contribution in [0.15, 0.2) is 34.2 Å². The first-order valence-electron chi connectivity index (χ1n) is 7.27. The second kappa shape index (κ2) is 6.27. The second-order valence-electron chi connectivity index (χ2n) is 5.39. The summed E-state index contributed by atoms with van der Waals surface area (Å²) < 4.78 is 13.2. The van der Waals surface area contributed by atoms with E-state index in [1.807, 2.05) is 19.1 Å². The number of allylic oxidation sites excluding steroid dienone is 2. The Bertz CT molecular complexity index is 844. The summed E-state index contributed by atoms with van der Waals surface area (Å²) in [5.74, 6) is 1.73. The molecule has 2 aromatic rings. The van der Waals surface area contributed by atoms with Crippen molar-refractivity contribution in [1.29, 1.82) is 0 Å². The summed E-state index contributed by atoms with van der Waals surface area (Å²) in [5, 5.41) is 7.40. The highest BCUT2D eigenvalue weighted by molar-refractivity contribution is 9.10. The van der Waals surface area contributed by atoms with Gasteiger partial charge < -0.3 is 14.8 Å². The molecule has 1 aliphatic rings. The van der Waals surface area contributed by atoms with Gasteiger partial charge in [0.25, 0.3) is 0 Å². The van der Waals surface area contributed by atoms with Gasteiger partial charge in [-0.3, -0.25) is 4.79 Å². The van der Waals surface area contributed by atoms with Crippen LogP contribution >= 0.6 is 15.9 Å². The van der Waals surface area contributed by atoms with Crippen molar-refractivity contribution in [2.75, 3.05) is 19.5 Å². The first kappa shape index (κ1) is 16.5. The Hall–Kier alpha value is -2.35. The third-order valence-electron chi connectivity index (χ3n) is 3.95. The van der Waals surface area contributed by atoms with Crippen LogP contribution in [0.1, 0.15) is 25.5 Å². The Kier molecular flexibility index (Phi) is 4.31. The maximum atomic E-state index is 12.3. The molecule has 7 nitrogen and oxygen atoms in total. The lowest BCUT2D eigenvalue weighted by Gasteiger charge is -2.28. The van der Waals surface area contributed by atoms with Crippen molar-refractivity contribution in [2.24, 2.45) is 0 Å². The number of nitrogens with zero attached hydrogens (tertiary/aromatic N) is 3. The van der Waals surface area contributed by atoms with E-state index in [-0.39, 0.29) is 5.78 Å². The van der Waals surface area contributed by atoms with Crippen molar-refractivity contribution in [3.63, 3.8) is 0 Å². The molecule has 1 aromatic carbocycles. The van der Waals surface area contributed by atoms with Crippen LogP contribution < -0.4 is 14.8 Å². The van der Waals surface area contributed by atoms with Gasteiger partial charge in [-0.25, -0.2) is 4.68 Å². The molecule has 0 amide bonds. The highest BCUT2D eigenvalue weighted by Gasteiger charge is 2.32. The van der Waals surface area contributed by atoms with E-state index < -0.39 is 6.04 Å². The number of Topliss-reactive ketones (excluding diaryl/α,β-unsaturated/α-hetero) is 1. The molecular formula is C16H17BrN4O3. The van der Waals surface area contributed by atoms with Gasteiger partial charge in [0.1, 0.15) is 12.4 Å². The Labute approximate surface area is 147 Å². The largest absolute Gasteiger partial charge is 0.493 e. The van der Waals surface area contributed by atoms with Crippen molar-refractivity contribution in [2.45, 2.75) is 19.9 Å². The molecule has 3 rings (SSSR count). The Balaban J connectivity index is 2.24. The lowest BCUT2D eigenvalue weighted by atomic mass is 9.93. The van der Waals surface area contributed by atoms with Crippen LogP contribution in [0.25, 0.3) is 0 Å². The molecule has 0 saturated carbocycles. The van der Waals surface area contributed by atoms with Crippen LogP contribution in [0, 0.1) is 0 Å². The molecule has 1 atom stereocenters. The molecule has 2 heterocycles.